The molecule has 4 aliphatic carbocycles. The highest BCUT2D eigenvalue weighted by Crippen LogP contribution is 2.79. The van der Waals surface area contributed by atoms with Gasteiger partial charge in [-0.05, 0) is 73.1 Å². The number of rotatable bonds is 5. The summed E-state index contributed by atoms with van der Waals surface area (Å²) in [6.45, 7) is 2.58. The number of ketones is 1. The average molecular weight is 510 g/mol. The smallest absolute Gasteiger partial charge is 0.436 e. The number of epoxide rings is 1. The predicted molar refractivity (Wildman–Crippen MR) is 134 cm³/mol. The van der Waals surface area contributed by atoms with Crippen LogP contribution in [0.3, 0.4) is 0 Å². The van der Waals surface area contributed by atoms with Gasteiger partial charge in [-0.15, -0.1) is 0 Å². The molecule has 0 bridgehead atoms. The highest BCUT2D eigenvalue weighted by atomic mass is 16.8. The topological polar surface area (TPSA) is 107 Å². The molecule has 1 aliphatic heterocycles. The zero-order valence-corrected chi connectivity index (χ0v) is 21.7. The number of carbonyl (C=O) groups excluding carboxylic acids is 2. The highest BCUT2D eigenvalue weighted by molar-refractivity contribution is 5.92. The van der Waals surface area contributed by atoms with Crippen molar-refractivity contribution in [3.05, 3.63) is 47.0 Å². The number of methoxy groups -OCH3 is 2. The molecule has 8 heteroatoms. The monoisotopic (exact) mass is 509 g/mol. The van der Waals surface area contributed by atoms with Gasteiger partial charge in [-0.2, -0.15) is 0 Å². The Morgan fingerprint density at radius 2 is 1.95 bits per heavy atom. The van der Waals surface area contributed by atoms with Crippen LogP contribution in [-0.4, -0.2) is 60.9 Å². The molecular weight excluding hydrogens is 474 g/mol. The maximum Gasteiger partial charge on any atom is 0.534 e. The summed E-state index contributed by atoms with van der Waals surface area (Å²) in [5.41, 5.74) is 1.19. The standard InChI is InChI=1S/C29H35NO7/c1-26-15-24(19-6-4-18(5-7-19)16-30-36-25(32)35-3)29-23(22(26)11-12-27(26,33)17-34-2)9-8-20-14-21(31)10-13-28(20,29)37-29/h4-7,14,16,22-24,33H,8-13,15,17H2,1-3H3/b30-16+/t22-,23-,24+,26-,27+,28-,29-/m0/s1. The number of hydrogen-bond acceptors (Lipinski definition) is 8. The van der Waals surface area contributed by atoms with Gasteiger partial charge >= 0.3 is 6.16 Å². The molecule has 0 aromatic heterocycles. The minimum Gasteiger partial charge on any atom is -0.436 e. The third kappa shape index (κ3) is 3.35. The molecule has 1 heterocycles. The number of ether oxygens (including phenoxy) is 3. The molecule has 198 valence electrons. The fourth-order valence-electron chi connectivity index (χ4n) is 8.68. The molecule has 8 nitrogen and oxygen atoms in total. The lowest BCUT2D eigenvalue weighted by molar-refractivity contribution is -0.147. The van der Waals surface area contributed by atoms with Gasteiger partial charge in [0.15, 0.2) is 5.78 Å². The molecule has 0 radical (unpaired) electrons. The van der Waals surface area contributed by atoms with Crippen LogP contribution >= 0.6 is 0 Å². The molecule has 37 heavy (non-hydrogen) atoms. The summed E-state index contributed by atoms with van der Waals surface area (Å²) in [5, 5.41) is 15.6. The van der Waals surface area contributed by atoms with E-state index >= 15 is 0 Å². The Morgan fingerprint density at radius 1 is 1.16 bits per heavy atom. The van der Waals surface area contributed by atoms with Gasteiger partial charge in [-0.1, -0.05) is 36.3 Å². The zero-order valence-electron chi connectivity index (χ0n) is 21.7. The van der Waals surface area contributed by atoms with E-state index in [0.29, 0.717) is 24.9 Å². The van der Waals surface area contributed by atoms with Crippen molar-refractivity contribution < 1.29 is 33.7 Å². The summed E-state index contributed by atoms with van der Waals surface area (Å²) < 4.78 is 16.9. The second-order valence-corrected chi connectivity index (χ2v) is 11.7. The molecule has 3 saturated carbocycles. The maximum atomic E-state index is 12.3. The van der Waals surface area contributed by atoms with Crippen molar-refractivity contribution >= 4 is 18.2 Å². The molecular formula is C29H35NO7. The van der Waals surface area contributed by atoms with Crippen LogP contribution < -0.4 is 0 Å². The van der Waals surface area contributed by atoms with Crippen molar-refractivity contribution in [2.45, 2.75) is 74.6 Å². The second-order valence-electron chi connectivity index (χ2n) is 11.7. The molecule has 4 fully saturated rings. The van der Waals surface area contributed by atoms with E-state index in [2.05, 4.69) is 33.8 Å². The van der Waals surface area contributed by atoms with Crippen molar-refractivity contribution in [1.29, 1.82) is 0 Å². The van der Waals surface area contributed by atoms with E-state index in [9.17, 15) is 14.7 Å². The lowest BCUT2D eigenvalue weighted by atomic mass is 9.46. The summed E-state index contributed by atoms with van der Waals surface area (Å²) in [5.74, 6) is 0.913. The first-order chi connectivity index (χ1) is 17.7. The van der Waals surface area contributed by atoms with Gasteiger partial charge in [-0.25, -0.2) is 4.79 Å². The molecule has 5 aliphatic rings. The van der Waals surface area contributed by atoms with Crippen LogP contribution in [-0.2, 0) is 23.8 Å². The first kappa shape index (κ1) is 24.8. The number of nitrogens with zero attached hydrogens (tertiary/aromatic N) is 1. The molecule has 7 atom stereocenters. The summed E-state index contributed by atoms with van der Waals surface area (Å²) in [7, 11) is 2.89. The van der Waals surface area contributed by atoms with Gasteiger partial charge in [-0.3, -0.25) is 9.63 Å². The van der Waals surface area contributed by atoms with E-state index in [-0.39, 0.29) is 28.3 Å². The van der Waals surface area contributed by atoms with Crippen LogP contribution in [0.15, 0.2) is 41.1 Å². The fourth-order valence-corrected chi connectivity index (χ4v) is 8.68. The number of hydrogen-bond donors (Lipinski definition) is 1. The van der Waals surface area contributed by atoms with E-state index in [1.165, 1.54) is 18.9 Å². The van der Waals surface area contributed by atoms with Gasteiger partial charge < -0.3 is 19.3 Å². The van der Waals surface area contributed by atoms with E-state index in [1.54, 1.807) is 7.11 Å². The fraction of sp³-hybridized carbons (Fsp3) is 0.621. The Balaban J connectivity index is 1.39. The molecule has 1 aromatic rings. The van der Waals surface area contributed by atoms with Crippen molar-refractivity contribution in [3.8, 4) is 0 Å². The minimum atomic E-state index is -0.884. The Morgan fingerprint density at radius 3 is 2.68 bits per heavy atom. The van der Waals surface area contributed by atoms with Gasteiger partial charge in [0.25, 0.3) is 0 Å². The van der Waals surface area contributed by atoms with E-state index in [0.717, 1.165) is 49.7 Å². The van der Waals surface area contributed by atoms with E-state index < -0.39 is 11.8 Å². The Hall–Kier alpha value is -2.55. The van der Waals surface area contributed by atoms with Crippen molar-refractivity contribution in [2.75, 3.05) is 20.8 Å². The third-order valence-corrected chi connectivity index (χ3v) is 10.4. The molecule has 1 N–H and O–H groups in total. The first-order valence-corrected chi connectivity index (χ1v) is 13.3. The highest BCUT2D eigenvalue weighted by Gasteiger charge is 2.83. The molecule has 0 unspecified atom stereocenters. The van der Waals surface area contributed by atoms with Crippen LogP contribution in [0.25, 0.3) is 0 Å². The Kier molecular flexibility index (Phi) is 5.68. The number of carbonyl (C=O) groups is 2. The molecule has 6 rings (SSSR count). The van der Waals surface area contributed by atoms with Crippen LogP contribution in [0, 0.1) is 17.3 Å². The summed E-state index contributed by atoms with van der Waals surface area (Å²) in [4.78, 5) is 28.1. The number of oxime groups is 1. The predicted octanol–water partition coefficient (Wildman–Crippen LogP) is 4.29. The normalized spacial score (nSPS) is 41.8. The van der Waals surface area contributed by atoms with Crippen LogP contribution in [0.4, 0.5) is 4.79 Å². The quantitative estimate of drug-likeness (QED) is 0.207. The molecule has 1 aromatic carbocycles. The Labute approximate surface area is 217 Å². The van der Waals surface area contributed by atoms with Gasteiger partial charge in [0.2, 0.25) is 0 Å². The van der Waals surface area contributed by atoms with Crippen molar-refractivity contribution in [2.24, 2.45) is 22.4 Å². The minimum absolute atomic E-state index is 0.0643. The number of fused-ring (bicyclic) bond motifs is 2. The number of benzene rings is 1. The van der Waals surface area contributed by atoms with Gasteiger partial charge in [0, 0.05) is 24.9 Å². The zero-order chi connectivity index (χ0) is 26.1. The van der Waals surface area contributed by atoms with Gasteiger partial charge in [0.05, 0.1) is 25.5 Å². The first-order valence-electron chi connectivity index (χ1n) is 13.3. The van der Waals surface area contributed by atoms with E-state index in [1.807, 2.05) is 18.2 Å². The van der Waals surface area contributed by atoms with Gasteiger partial charge in [0.1, 0.15) is 11.2 Å². The largest absolute Gasteiger partial charge is 0.534 e. The second kappa shape index (κ2) is 8.48. The van der Waals surface area contributed by atoms with E-state index in [4.69, 9.17) is 9.47 Å². The van der Waals surface area contributed by atoms with Crippen LogP contribution in [0.1, 0.15) is 68.9 Å². The van der Waals surface area contributed by atoms with Crippen molar-refractivity contribution in [1.82, 2.24) is 0 Å². The average Bonchev–Trinajstić information content (AvgIpc) is 3.50. The summed E-state index contributed by atoms with van der Waals surface area (Å²) >= 11 is 0. The third-order valence-electron chi connectivity index (χ3n) is 10.4. The molecule has 2 spiro atoms. The van der Waals surface area contributed by atoms with Crippen molar-refractivity contribution in [3.63, 3.8) is 0 Å². The molecule has 1 saturated heterocycles. The van der Waals surface area contributed by atoms with Crippen LogP contribution in [0.2, 0.25) is 0 Å². The lowest BCUT2D eigenvalue weighted by Crippen LogP contribution is -2.60. The SMILES string of the molecule is COC[C@]1(O)CC[C@H]2[C@@H]3CCC4=CC(=O)CC[C@]45O[C@]35[C@@H](c3ccc(/C=N/OC(=O)OC)cc3)C[C@@]21C. The summed E-state index contributed by atoms with van der Waals surface area (Å²) in [6, 6.07) is 8.08. The molecule has 0 amide bonds. The Bertz CT molecular complexity index is 1180. The number of aliphatic hydroxyl groups is 1. The van der Waals surface area contributed by atoms with Crippen LogP contribution in [0.5, 0.6) is 0 Å². The maximum absolute atomic E-state index is 12.3. The lowest BCUT2D eigenvalue weighted by Gasteiger charge is -2.56. The summed E-state index contributed by atoms with van der Waals surface area (Å²) in [6.07, 6.45) is 8.05.